The Kier molecular flexibility index (Phi) is 5.98. The van der Waals surface area contributed by atoms with Gasteiger partial charge in [-0.05, 0) is 36.2 Å². The molecule has 6 nitrogen and oxygen atoms in total. The Bertz CT molecular complexity index is 784. The molecule has 1 atom stereocenters. The van der Waals surface area contributed by atoms with E-state index in [9.17, 15) is 0 Å². The highest BCUT2D eigenvalue weighted by molar-refractivity contribution is 6.33. The number of nitrogens with one attached hydrogen (secondary N) is 1. The van der Waals surface area contributed by atoms with E-state index in [-0.39, 0.29) is 0 Å². The molecule has 2 aliphatic heterocycles. The number of hydrogen-bond acceptors (Lipinski definition) is 6. The molecule has 0 bridgehead atoms. The standard InChI is InChI=1S/C19H23Cl2N5O/c20-15-1-2-17(21)14(11-15)12-25-6-4-16(13-25)23-19-22-5-3-18(24-19)26-7-9-27-10-8-26/h1-3,5,11,16H,4,6-10,12-13H2,(H,22,23,24). The molecular weight excluding hydrogens is 385 g/mol. The molecule has 0 radical (unpaired) electrons. The van der Waals surface area contributed by atoms with Crippen LogP contribution in [0.25, 0.3) is 0 Å². The molecule has 0 saturated carbocycles. The summed E-state index contributed by atoms with van der Waals surface area (Å²) in [5.74, 6) is 1.64. The highest BCUT2D eigenvalue weighted by Gasteiger charge is 2.24. The van der Waals surface area contributed by atoms with Gasteiger partial charge in [-0.15, -0.1) is 0 Å². The number of rotatable bonds is 5. The quantitative estimate of drug-likeness (QED) is 0.820. The largest absolute Gasteiger partial charge is 0.378 e. The number of aromatic nitrogens is 2. The van der Waals surface area contributed by atoms with E-state index in [1.54, 1.807) is 0 Å². The predicted molar refractivity (Wildman–Crippen MR) is 109 cm³/mol. The molecule has 1 unspecified atom stereocenters. The summed E-state index contributed by atoms with van der Waals surface area (Å²) in [6.07, 6.45) is 2.86. The van der Waals surface area contributed by atoms with E-state index < -0.39 is 0 Å². The monoisotopic (exact) mass is 407 g/mol. The fraction of sp³-hybridized carbons (Fsp3) is 0.474. The number of anilines is 2. The van der Waals surface area contributed by atoms with Crippen LogP contribution in [0.1, 0.15) is 12.0 Å². The Balaban J connectivity index is 1.35. The summed E-state index contributed by atoms with van der Waals surface area (Å²) in [6.45, 7) is 5.96. The maximum absolute atomic E-state index is 6.30. The molecular formula is C19H23Cl2N5O. The van der Waals surface area contributed by atoms with E-state index in [1.807, 2.05) is 30.5 Å². The SMILES string of the molecule is Clc1ccc(Cl)c(CN2CCC(Nc3nccc(N4CCOCC4)n3)C2)c1. The van der Waals surface area contributed by atoms with Gasteiger partial charge in [-0.1, -0.05) is 23.2 Å². The lowest BCUT2D eigenvalue weighted by atomic mass is 10.2. The van der Waals surface area contributed by atoms with Crippen molar-refractivity contribution >= 4 is 35.0 Å². The van der Waals surface area contributed by atoms with Gasteiger partial charge in [0.1, 0.15) is 5.82 Å². The maximum atomic E-state index is 6.30. The van der Waals surface area contributed by atoms with Crippen LogP contribution in [0.3, 0.4) is 0 Å². The minimum absolute atomic E-state index is 0.322. The van der Waals surface area contributed by atoms with E-state index in [0.717, 1.165) is 73.8 Å². The van der Waals surface area contributed by atoms with Crippen molar-refractivity contribution < 1.29 is 4.74 Å². The smallest absolute Gasteiger partial charge is 0.224 e. The van der Waals surface area contributed by atoms with Crippen molar-refractivity contribution in [2.24, 2.45) is 0 Å². The highest BCUT2D eigenvalue weighted by Crippen LogP contribution is 2.24. The number of ether oxygens (including phenoxy) is 1. The first-order valence-electron chi connectivity index (χ1n) is 9.26. The summed E-state index contributed by atoms with van der Waals surface area (Å²) in [4.78, 5) is 13.7. The molecule has 1 aromatic carbocycles. The maximum Gasteiger partial charge on any atom is 0.224 e. The Morgan fingerprint density at radius 3 is 2.85 bits per heavy atom. The van der Waals surface area contributed by atoms with Crippen LogP contribution in [0.4, 0.5) is 11.8 Å². The zero-order valence-corrected chi connectivity index (χ0v) is 16.6. The van der Waals surface area contributed by atoms with Crippen LogP contribution in [-0.4, -0.2) is 60.3 Å². The molecule has 8 heteroatoms. The van der Waals surface area contributed by atoms with Crippen LogP contribution < -0.4 is 10.2 Å². The Hall–Kier alpha value is -1.60. The van der Waals surface area contributed by atoms with Crippen molar-refractivity contribution in [3.8, 4) is 0 Å². The second kappa shape index (κ2) is 8.61. The number of benzene rings is 1. The Morgan fingerprint density at radius 2 is 2.00 bits per heavy atom. The first-order valence-corrected chi connectivity index (χ1v) is 10.0. The Labute approximate surface area is 169 Å². The summed E-state index contributed by atoms with van der Waals surface area (Å²) in [7, 11) is 0. The van der Waals surface area contributed by atoms with Crippen LogP contribution in [0.15, 0.2) is 30.5 Å². The van der Waals surface area contributed by atoms with Crippen LogP contribution in [0, 0.1) is 0 Å². The van der Waals surface area contributed by atoms with E-state index in [4.69, 9.17) is 27.9 Å². The van der Waals surface area contributed by atoms with Crippen molar-refractivity contribution in [3.63, 3.8) is 0 Å². The predicted octanol–water partition coefficient (Wildman–Crippen LogP) is 3.31. The third kappa shape index (κ3) is 4.82. The molecule has 27 heavy (non-hydrogen) atoms. The van der Waals surface area contributed by atoms with Gasteiger partial charge in [0.15, 0.2) is 0 Å². The molecule has 0 spiro atoms. The topological polar surface area (TPSA) is 53.5 Å². The normalized spacial score (nSPS) is 20.8. The van der Waals surface area contributed by atoms with Crippen LogP contribution >= 0.6 is 23.2 Å². The van der Waals surface area contributed by atoms with Gasteiger partial charge in [0.25, 0.3) is 0 Å². The van der Waals surface area contributed by atoms with Crippen molar-refractivity contribution in [1.29, 1.82) is 0 Å². The second-order valence-corrected chi connectivity index (χ2v) is 7.78. The minimum atomic E-state index is 0.322. The minimum Gasteiger partial charge on any atom is -0.378 e. The number of morpholine rings is 1. The number of nitrogens with zero attached hydrogens (tertiary/aromatic N) is 4. The van der Waals surface area contributed by atoms with Gasteiger partial charge >= 0.3 is 0 Å². The fourth-order valence-corrected chi connectivity index (χ4v) is 3.94. The molecule has 3 heterocycles. The number of halogens is 2. The molecule has 2 aliphatic rings. The Morgan fingerprint density at radius 1 is 1.15 bits per heavy atom. The third-order valence-electron chi connectivity index (χ3n) is 4.98. The lowest BCUT2D eigenvalue weighted by molar-refractivity contribution is 0.122. The molecule has 0 aliphatic carbocycles. The molecule has 2 aromatic rings. The average Bonchev–Trinajstić information content (AvgIpc) is 3.12. The van der Waals surface area contributed by atoms with Crippen LogP contribution in [0.5, 0.6) is 0 Å². The third-order valence-corrected chi connectivity index (χ3v) is 5.59. The van der Waals surface area contributed by atoms with Crippen LogP contribution in [-0.2, 0) is 11.3 Å². The van der Waals surface area contributed by atoms with Gasteiger partial charge < -0.3 is 15.0 Å². The first kappa shape index (κ1) is 18.7. The first-order chi connectivity index (χ1) is 13.2. The van der Waals surface area contributed by atoms with Gasteiger partial charge in [0, 0.05) is 55.0 Å². The summed E-state index contributed by atoms with van der Waals surface area (Å²) >= 11 is 12.4. The van der Waals surface area contributed by atoms with Gasteiger partial charge in [0.05, 0.1) is 13.2 Å². The van der Waals surface area contributed by atoms with E-state index in [1.165, 1.54) is 0 Å². The molecule has 2 saturated heterocycles. The lowest BCUT2D eigenvalue weighted by Gasteiger charge is -2.28. The summed E-state index contributed by atoms with van der Waals surface area (Å²) in [5.41, 5.74) is 1.07. The zero-order valence-electron chi connectivity index (χ0n) is 15.1. The van der Waals surface area contributed by atoms with Crippen molar-refractivity contribution in [3.05, 3.63) is 46.1 Å². The highest BCUT2D eigenvalue weighted by atomic mass is 35.5. The van der Waals surface area contributed by atoms with E-state index >= 15 is 0 Å². The fourth-order valence-electron chi connectivity index (χ4n) is 3.57. The molecule has 4 rings (SSSR count). The summed E-state index contributed by atoms with van der Waals surface area (Å²) < 4.78 is 5.41. The molecule has 1 N–H and O–H groups in total. The molecule has 144 valence electrons. The van der Waals surface area contributed by atoms with E-state index in [2.05, 4.69) is 25.1 Å². The van der Waals surface area contributed by atoms with Crippen molar-refractivity contribution in [1.82, 2.24) is 14.9 Å². The average molecular weight is 408 g/mol. The molecule has 0 amide bonds. The zero-order chi connectivity index (χ0) is 18.6. The van der Waals surface area contributed by atoms with Crippen molar-refractivity contribution in [2.75, 3.05) is 49.6 Å². The number of hydrogen-bond donors (Lipinski definition) is 1. The summed E-state index contributed by atoms with van der Waals surface area (Å²) in [6, 6.07) is 7.90. The van der Waals surface area contributed by atoms with Gasteiger partial charge in [-0.2, -0.15) is 4.98 Å². The van der Waals surface area contributed by atoms with Gasteiger partial charge in [-0.25, -0.2) is 4.98 Å². The molecule has 2 fully saturated rings. The van der Waals surface area contributed by atoms with Gasteiger partial charge in [0.2, 0.25) is 5.95 Å². The van der Waals surface area contributed by atoms with Crippen LogP contribution in [0.2, 0.25) is 10.0 Å². The molecule has 1 aromatic heterocycles. The van der Waals surface area contributed by atoms with E-state index in [0.29, 0.717) is 12.0 Å². The number of likely N-dealkylation sites (tertiary alicyclic amines) is 1. The van der Waals surface area contributed by atoms with Crippen molar-refractivity contribution in [2.45, 2.75) is 19.0 Å². The lowest BCUT2D eigenvalue weighted by Crippen LogP contribution is -2.37. The van der Waals surface area contributed by atoms with Gasteiger partial charge in [-0.3, -0.25) is 4.90 Å². The summed E-state index contributed by atoms with van der Waals surface area (Å²) in [5, 5.41) is 4.96. The second-order valence-electron chi connectivity index (χ2n) is 6.94.